The van der Waals surface area contributed by atoms with Gasteiger partial charge in [-0.3, -0.25) is 4.79 Å². The number of carbonyl (C=O) groups excluding carboxylic acids is 1. The average molecular weight is 333 g/mol. The Morgan fingerprint density at radius 1 is 1.14 bits per heavy atom. The summed E-state index contributed by atoms with van der Waals surface area (Å²) in [5, 5.41) is 6.84. The molecule has 2 aromatic carbocycles. The van der Waals surface area contributed by atoms with Crippen LogP contribution in [0, 0.1) is 0 Å². The van der Waals surface area contributed by atoms with Crippen molar-refractivity contribution in [2.24, 2.45) is 0 Å². The summed E-state index contributed by atoms with van der Waals surface area (Å²) >= 11 is 5.76. The van der Waals surface area contributed by atoms with Gasteiger partial charge in [0.2, 0.25) is 0 Å². The van der Waals surface area contributed by atoms with E-state index in [2.05, 4.69) is 0 Å². The lowest BCUT2D eigenvalue weighted by molar-refractivity contribution is -0.137. The molecule has 0 atom stereocenters. The molecular formula is C15H12ClF3O3. The Balaban J connectivity index is 0.00000116. The van der Waals surface area contributed by atoms with E-state index in [1.807, 2.05) is 0 Å². The molecule has 118 valence electrons. The van der Waals surface area contributed by atoms with Gasteiger partial charge in [-0.25, -0.2) is 0 Å². The van der Waals surface area contributed by atoms with Crippen LogP contribution in [0.15, 0.2) is 42.5 Å². The Kier molecular flexibility index (Phi) is 6.39. The summed E-state index contributed by atoms with van der Waals surface area (Å²) in [6.07, 6.45) is -3.82. The molecular weight excluding hydrogens is 321 g/mol. The molecule has 0 fully saturated rings. The fourth-order valence-corrected chi connectivity index (χ4v) is 1.76. The molecule has 7 heteroatoms. The van der Waals surface area contributed by atoms with Crippen LogP contribution in [0.25, 0.3) is 0 Å². The number of hydrogen-bond acceptors (Lipinski definition) is 3. The lowest BCUT2D eigenvalue weighted by atomic mass is 10.2. The maximum Gasteiger partial charge on any atom is 0.416 e. The van der Waals surface area contributed by atoms with E-state index < -0.39 is 11.7 Å². The van der Waals surface area contributed by atoms with Gasteiger partial charge in [0.15, 0.2) is 0 Å². The molecule has 0 radical (unpaired) electrons. The van der Waals surface area contributed by atoms with E-state index in [0.717, 1.165) is 25.3 Å². The SMILES string of the molecule is CO.O=Cc1cccc(Oc2ccc(C(F)(F)F)cc2Cl)c1. The zero-order valence-electron chi connectivity index (χ0n) is 11.4. The van der Waals surface area contributed by atoms with Gasteiger partial charge in [0, 0.05) is 12.7 Å². The smallest absolute Gasteiger partial charge is 0.416 e. The molecule has 0 saturated carbocycles. The van der Waals surface area contributed by atoms with Gasteiger partial charge < -0.3 is 9.84 Å². The van der Waals surface area contributed by atoms with E-state index >= 15 is 0 Å². The zero-order valence-corrected chi connectivity index (χ0v) is 12.2. The first-order chi connectivity index (χ1) is 10.4. The van der Waals surface area contributed by atoms with Crippen molar-refractivity contribution in [2.45, 2.75) is 6.18 Å². The quantitative estimate of drug-likeness (QED) is 0.837. The van der Waals surface area contributed by atoms with Gasteiger partial charge in [0.1, 0.15) is 17.8 Å². The second-order valence-electron chi connectivity index (χ2n) is 3.94. The topological polar surface area (TPSA) is 46.5 Å². The summed E-state index contributed by atoms with van der Waals surface area (Å²) in [6, 6.07) is 9.01. The molecule has 0 spiro atoms. The molecule has 0 aromatic heterocycles. The molecule has 0 aliphatic heterocycles. The molecule has 0 aliphatic carbocycles. The fourth-order valence-electron chi connectivity index (χ4n) is 1.54. The third-order valence-corrected chi connectivity index (χ3v) is 2.78. The Morgan fingerprint density at radius 3 is 2.36 bits per heavy atom. The lowest BCUT2D eigenvalue weighted by Gasteiger charge is -2.11. The number of aldehydes is 1. The highest BCUT2D eigenvalue weighted by atomic mass is 35.5. The summed E-state index contributed by atoms with van der Waals surface area (Å²) < 4.78 is 42.8. The van der Waals surface area contributed by atoms with Gasteiger partial charge in [0.25, 0.3) is 0 Å². The summed E-state index contributed by atoms with van der Waals surface area (Å²) in [4.78, 5) is 10.6. The van der Waals surface area contributed by atoms with Gasteiger partial charge in [-0.2, -0.15) is 13.2 Å². The minimum Gasteiger partial charge on any atom is -0.456 e. The van der Waals surface area contributed by atoms with Crippen molar-refractivity contribution in [3.8, 4) is 11.5 Å². The standard InChI is InChI=1S/C14H8ClF3O2.CH4O/c15-12-7-10(14(16,17)18)4-5-13(12)20-11-3-1-2-9(6-11)8-19;1-2/h1-8H;2H,1H3. The van der Waals surface area contributed by atoms with Crippen molar-refractivity contribution >= 4 is 17.9 Å². The third kappa shape index (κ3) is 4.75. The number of carbonyl (C=O) groups is 1. The number of hydrogen-bond donors (Lipinski definition) is 1. The van der Waals surface area contributed by atoms with Gasteiger partial charge in [-0.15, -0.1) is 0 Å². The maximum absolute atomic E-state index is 12.5. The largest absolute Gasteiger partial charge is 0.456 e. The van der Waals surface area contributed by atoms with E-state index in [4.69, 9.17) is 21.4 Å². The predicted molar refractivity (Wildman–Crippen MR) is 76.5 cm³/mol. The average Bonchev–Trinajstić information content (AvgIpc) is 2.50. The van der Waals surface area contributed by atoms with Crippen LogP contribution in [0.1, 0.15) is 15.9 Å². The van der Waals surface area contributed by atoms with Gasteiger partial charge >= 0.3 is 6.18 Å². The predicted octanol–water partition coefficient (Wildman–Crippen LogP) is 4.57. The van der Waals surface area contributed by atoms with Crippen LogP contribution in [0.2, 0.25) is 5.02 Å². The monoisotopic (exact) mass is 332 g/mol. The molecule has 0 saturated heterocycles. The lowest BCUT2D eigenvalue weighted by Crippen LogP contribution is -2.04. The summed E-state index contributed by atoms with van der Waals surface area (Å²) in [5.74, 6) is 0.402. The normalized spacial score (nSPS) is 10.5. The summed E-state index contributed by atoms with van der Waals surface area (Å²) in [7, 11) is 1.00. The minimum absolute atomic E-state index is 0.0858. The van der Waals surface area contributed by atoms with Crippen LogP contribution in [-0.4, -0.2) is 18.5 Å². The number of aliphatic hydroxyl groups is 1. The van der Waals surface area contributed by atoms with Crippen molar-refractivity contribution in [3.05, 3.63) is 58.6 Å². The zero-order chi connectivity index (χ0) is 16.8. The number of ether oxygens (including phenoxy) is 1. The highest BCUT2D eigenvalue weighted by molar-refractivity contribution is 6.32. The van der Waals surface area contributed by atoms with Crippen molar-refractivity contribution < 1.29 is 27.8 Å². The van der Waals surface area contributed by atoms with Crippen molar-refractivity contribution in [3.63, 3.8) is 0 Å². The molecule has 2 aromatic rings. The summed E-state index contributed by atoms with van der Waals surface area (Å²) in [5.41, 5.74) is -0.456. The summed E-state index contributed by atoms with van der Waals surface area (Å²) in [6.45, 7) is 0. The Hall–Kier alpha value is -2.05. The second kappa shape index (κ2) is 7.82. The van der Waals surface area contributed by atoms with E-state index in [9.17, 15) is 18.0 Å². The molecule has 0 aliphatic rings. The van der Waals surface area contributed by atoms with Crippen LogP contribution in [0.4, 0.5) is 13.2 Å². The molecule has 0 heterocycles. The number of aliphatic hydroxyl groups excluding tert-OH is 1. The van der Waals surface area contributed by atoms with Crippen molar-refractivity contribution in [2.75, 3.05) is 7.11 Å². The third-order valence-electron chi connectivity index (χ3n) is 2.48. The highest BCUT2D eigenvalue weighted by Crippen LogP contribution is 2.36. The molecule has 1 N–H and O–H groups in total. The first kappa shape index (κ1) is 18.0. The second-order valence-corrected chi connectivity index (χ2v) is 4.34. The first-order valence-electron chi connectivity index (χ1n) is 5.95. The van der Waals surface area contributed by atoms with Crippen LogP contribution < -0.4 is 4.74 Å². The molecule has 0 amide bonds. The van der Waals surface area contributed by atoms with E-state index in [1.165, 1.54) is 6.07 Å². The van der Waals surface area contributed by atoms with Crippen LogP contribution in [0.3, 0.4) is 0 Å². The highest BCUT2D eigenvalue weighted by Gasteiger charge is 2.31. The van der Waals surface area contributed by atoms with E-state index in [-0.39, 0.29) is 10.8 Å². The van der Waals surface area contributed by atoms with Crippen molar-refractivity contribution in [1.82, 2.24) is 0 Å². The van der Waals surface area contributed by atoms with Gasteiger partial charge in [0.05, 0.1) is 10.6 Å². The number of rotatable bonds is 3. The minimum atomic E-state index is -4.46. The maximum atomic E-state index is 12.5. The Bertz CT molecular complexity index is 642. The van der Waals surface area contributed by atoms with E-state index in [1.54, 1.807) is 18.2 Å². The van der Waals surface area contributed by atoms with Crippen LogP contribution >= 0.6 is 11.6 Å². The molecule has 22 heavy (non-hydrogen) atoms. The fraction of sp³-hybridized carbons (Fsp3) is 0.133. The molecule has 0 bridgehead atoms. The first-order valence-corrected chi connectivity index (χ1v) is 6.32. The van der Waals surface area contributed by atoms with Gasteiger partial charge in [-0.05, 0) is 30.3 Å². The van der Waals surface area contributed by atoms with Gasteiger partial charge in [-0.1, -0.05) is 23.7 Å². The number of alkyl halides is 3. The Labute approximate surface area is 129 Å². The molecule has 0 unspecified atom stereocenters. The van der Waals surface area contributed by atoms with Crippen molar-refractivity contribution in [1.29, 1.82) is 0 Å². The molecule has 2 rings (SSSR count). The number of benzene rings is 2. The van der Waals surface area contributed by atoms with Crippen LogP contribution in [-0.2, 0) is 6.18 Å². The van der Waals surface area contributed by atoms with E-state index in [0.29, 0.717) is 17.6 Å². The molecule has 3 nitrogen and oxygen atoms in total. The Morgan fingerprint density at radius 2 is 1.82 bits per heavy atom. The number of halogens is 4. The van der Waals surface area contributed by atoms with Crippen LogP contribution in [0.5, 0.6) is 11.5 Å².